The van der Waals surface area contributed by atoms with Gasteiger partial charge in [-0.1, -0.05) is 60.7 Å². The van der Waals surface area contributed by atoms with Crippen LogP contribution < -0.4 is 61.4 Å². The maximum atomic E-state index is 12.9. The summed E-state index contributed by atoms with van der Waals surface area (Å²) in [6.07, 6.45) is 0.0388. The number of aliphatic carboxylic acids is 1. The molecule has 7 nitrogen and oxygen atoms in total. The Morgan fingerprint density at radius 1 is 0.875 bits per heavy atom. The second kappa shape index (κ2) is 10.3. The van der Waals surface area contributed by atoms with Crippen LogP contribution in [0.1, 0.15) is 31.8 Å². The van der Waals surface area contributed by atoms with Crippen molar-refractivity contribution < 1.29 is 76.0 Å². The van der Waals surface area contributed by atoms with Crippen LogP contribution in [0.5, 0.6) is 0 Å². The molecule has 0 aromatic heterocycles. The Hall–Kier alpha value is -2.62. The Labute approximate surface area is 226 Å². The number of aliphatic imine (C=N–C) groups is 1. The number of carboxylic acids is 1. The first-order valence-electron chi connectivity index (χ1n) is 9.56. The third kappa shape index (κ3) is 4.74. The molecule has 3 aromatic rings. The quantitative estimate of drug-likeness (QED) is 0.230. The Morgan fingerprint density at radius 2 is 1.41 bits per heavy atom. The zero-order valence-corrected chi connectivity index (χ0v) is 20.4. The molecular weight excluding hydrogens is 435 g/mol. The van der Waals surface area contributed by atoms with Crippen molar-refractivity contribution in [3.05, 3.63) is 101 Å². The van der Waals surface area contributed by atoms with E-state index < -0.39 is 29.7 Å². The van der Waals surface area contributed by atoms with E-state index in [1.165, 1.54) is 12.1 Å². The van der Waals surface area contributed by atoms with E-state index in [0.29, 0.717) is 0 Å². The van der Waals surface area contributed by atoms with Gasteiger partial charge in [0.2, 0.25) is 0 Å². The Bertz CT molecular complexity index is 1170. The minimum absolute atomic E-state index is 0. The molecule has 0 saturated carbocycles. The Balaban J connectivity index is 0.00000289. The SMILES string of the molecule is O=C(O)C(Cc1ccccc1)N=C([O-])c1ccccc1N1C(=O)c2ccccc2C1=O.[K+]. The first kappa shape index (κ1) is 24.0. The average molecular weight is 453 g/mol. The summed E-state index contributed by atoms with van der Waals surface area (Å²) in [4.78, 5) is 42.2. The summed E-state index contributed by atoms with van der Waals surface area (Å²) in [5.41, 5.74) is 1.28. The first-order valence-corrected chi connectivity index (χ1v) is 9.56. The van der Waals surface area contributed by atoms with Gasteiger partial charge in [-0.3, -0.25) is 14.6 Å². The topological polar surface area (TPSA) is 110 Å². The fourth-order valence-electron chi connectivity index (χ4n) is 3.49. The summed E-state index contributed by atoms with van der Waals surface area (Å²) in [5.74, 6) is -3.13. The van der Waals surface area contributed by atoms with E-state index in [1.807, 2.05) is 0 Å². The monoisotopic (exact) mass is 452 g/mol. The largest absolute Gasteiger partial charge is 1.00 e. The number of fused-ring (bicyclic) bond motifs is 1. The van der Waals surface area contributed by atoms with Gasteiger partial charge in [0.25, 0.3) is 11.8 Å². The Morgan fingerprint density at radius 3 is 2.00 bits per heavy atom. The van der Waals surface area contributed by atoms with Gasteiger partial charge in [0, 0.05) is 12.0 Å². The van der Waals surface area contributed by atoms with Gasteiger partial charge in [-0.25, -0.2) is 9.69 Å². The van der Waals surface area contributed by atoms with E-state index in [2.05, 4.69) is 4.99 Å². The number of hydrogen-bond acceptors (Lipinski definition) is 5. The van der Waals surface area contributed by atoms with Gasteiger partial charge in [0.05, 0.1) is 16.8 Å². The number of carbonyl (C=O) groups is 3. The normalized spacial score (nSPS) is 14.0. The van der Waals surface area contributed by atoms with Gasteiger partial charge < -0.3 is 10.2 Å². The third-order valence-corrected chi connectivity index (χ3v) is 5.00. The van der Waals surface area contributed by atoms with E-state index in [4.69, 9.17) is 0 Å². The molecule has 3 aromatic carbocycles. The molecule has 8 heteroatoms. The average Bonchev–Trinajstić information content (AvgIpc) is 3.04. The fourth-order valence-corrected chi connectivity index (χ4v) is 3.49. The van der Waals surface area contributed by atoms with Gasteiger partial charge in [0.15, 0.2) is 6.04 Å². The zero-order chi connectivity index (χ0) is 22.0. The van der Waals surface area contributed by atoms with E-state index in [1.54, 1.807) is 66.7 Å². The molecule has 32 heavy (non-hydrogen) atoms. The molecule has 2 amide bonds. The molecule has 0 radical (unpaired) electrons. The minimum Gasteiger partial charge on any atom is -0.858 e. The molecule has 154 valence electrons. The second-order valence-electron chi connectivity index (χ2n) is 6.99. The standard InChI is InChI=1S/C24H18N2O5.K/c27-21(25-19(24(30)31)14-15-8-2-1-3-9-15)18-12-6-7-13-20(18)26-22(28)16-10-4-5-11-17(16)23(26)29;/h1-13,19H,14H2,(H,25,27)(H,30,31);/q;+1/p-1. The van der Waals surface area contributed by atoms with Crippen molar-refractivity contribution in [3.8, 4) is 0 Å². The number of imide groups is 1. The fraction of sp³-hybridized carbons (Fsp3) is 0.0833. The molecule has 1 unspecified atom stereocenters. The summed E-state index contributed by atoms with van der Waals surface area (Å²) >= 11 is 0. The number of anilines is 1. The van der Waals surface area contributed by atoms with Crippen LogP contribution in [0.4, 0.5) is 5.69 Å². The molecule has 1 heterocycles. The summed E-state index contributed by atoms with van der Waals surface area (Å²) in [5, 5.41) is 22.5. The second-order valence-corrected chi connectivity index (χ2v) is 6.99. The third-order valence-electron chi connectivity index (χ3n) is 5.00. The van der Waals surface area contributed by atoms with Crippen LogP contribution in [0.25, 0.3) is 0 Å². The van der Waals surface area contributed by atoms with Crippen molar-refractivity contribution in [3.63, 3.8) is 0 Å². The molecule has 0 fully saturated rings. The van der Waals surface area contributed by atoms with Gasteiger partial charge >= 0.3 is 57.4 Å². The molecule has 0 saturated heterocycles. The van der Waals surface area contributed by atoms with Crippen molar-refractivity contribution in [1.29, 1.82) is 0 Å². The van der Waals surface area contributed by atoms with Crippen molar-refractivity contribution in [1.82, 2.24) is 0 Å². The molecule has 4 rings (SSSR count). The number of para-hydroxylation sites is 1. The minimum atomic E-state index is -1.30. The van der Waals surface area contributed by atoms with Crippen molar-refractivity contribution >= 4 is 29.4 Å². The molecule has 0 aliphatic carbocycles. The van der Waals surface area contributed by atoms with Crippen LogP contribution in [0.15, 0.2) is 83.9 Å². The number of carbonyl (C=O) groups excluding carboxylic acids is 2. The van der Waals surface area contributed by atoms with Crippen molar-refractivity contribution in [2.45, 2.75) is 12.5 Å². The zero-order valence-electron chi connectivity index (χ0n) is 17.3. The van der Waals surface area contributed by atoms with Crippen LogP contribution in [-0.4, -0.2) is 34.8 Å². The molecule has 0 spiro atoms. The summed E-state index contributed by atoms with van der Waals surface area (Å²) in [6.45, 7) is 0. The van der Waals surface area contributed by atoms with E-state index in [0.717, 1.165) is 10.5 Å². The number of rotatable bonds is 6. The van der Waals surface area contributed by atoms with Crippen LogP contribution in [-0.2, 0) is 11.2 Å². The smallest absolute Gasteiger partial charge is 0.858 e. The number of amides is 2. The van der Waals surface area contributed by atoms with Crippen LogP contribution in [0, 0.1) is 0 Å². The van der Waals surface area contributed by atoms with Crippen LogP contribution in [0.2, 0.25) is 0 Å². The summed E-state index contributed by atoms with van der Waals surface area (Å²) < 4.78 is 0. The van der Waals surface area contributed by atoms with E-state index in [-0.39, 0.29) is 80.2 Å². The van der Waals surface area contributed by atoms with Gasteiger partial charge in [-0.15, -0.1) is 0 Å². The van der Waals surface area contributed by atoms with Gasteiger partial charge in [-0.05, 0) is 29.7 Å². The van der Waals surface area contributed by atoms with Crippen LogP contribution >= 0.6 is 0 Å². The predicted octanol–water partition coefficient (Wildman–Crippen LogP) is -0.706. The molecule has 1 atom stereocenters. The summed E-state index contributed by atoms with van der Waals surface area (Å²) in [7, 11) is 0. The molecule has 1 N–H and O–H groups in total. The van der Waals surface area contributed by atoms with Gasteiger partial charge in [0.1, 0.15) is 0 Å². The maximum absolute atomic E-state index is 12.9. The number of carboxylic acid groups (broad SMARTS) is 1. The van der Waals surface area contributed by atoms with Crippen molar-refractivity contribution in [2.75, 3.05) is 4.90 Å². The molecule has 1 aliphatic heterocycles. The van der Waals surface area contributed by atoms with Gasteiger partial charge in [-0.2, -0.15) is 0 Å². The first-order chi connectivity index (χ1) is 15.0. The Kier molecular flexibility index (Phi) is 7.76. The van der Waals surface area contributed by atoms with E-state index in [9.17, 15) is 24.6 Å². The molecular formula is C24H17KN2O5. The molecule has 1 aliphatic rings. The summed E-state index contributed by atoms with van der Waals surface area (Å²) in [6, 6.07) is 20.0. The van der Waals surface area contributed by atoms with Crippen molar-refractivity contribution in [2.24, 2.45) is 4.99 Å². The maximum Gasteiger partial charge on any atom is 1.00 e. The number of nitrogens with zero attached hydrogens (tertiary/aromatic N) is 2. The number of hydrogen-bond donors (Lipinski definition) is 1. The van der Waals surface area contributed by atoms with E-state index >= 15 is 0 Å². The predicted molar refractivity (Wildman–Crippen MR) is 112 cm³/mol. The van der Waals surface area contributed by atoms with Crippen LogP contribution in [0.3, 0.4) is 0 Å². The molecule has 0 bridgehead atoms. The number of benzene rings is 3.